The molecule has 0 bridgehead atoms. The highest BCUT2D eigenvalue weighted by atomic mass is 79.9. The lowest BCUT2D eigenvalue weighted by atomic mass is 10.3. The van der Waals surface area contributed by atoms with Gasteiger partial charge in [0, 0.05) is 17.4 Å². The van der Waals surface area contributed by atoms with Gasteiger partial charge in [0.1, 0.15) is 11.6 Å². The third-order valence-electron chi connectivity index (χ3n) is 3.68. The number of hydrogen-bond donors (Lipinski definition) is 0. The molecule has 1 saturated carbocycles. The molecule has 102 valence electrons. The predicted octanol–water partition coefficient (Wildman–Crippen LogP) is 4.57. The second-order valence-electron chi connectivity index (χ2n) is 4.89. The van der Waals surface area contributed by atoms with Gasteiger partial charge in [0.05, 0.1) is 21.4 Å². The van der Waals surface area contributed by atoms with Crippen LogP contribution in [0, 0.1) is 5.82 Å². The van der Waals surface area contributed by atoms with Crippen molar-refractivity contribution in [3.63, 3.8) is 0 Å². The molecule has 1 aromatic carbocycles. The second kappa shape index (κ2) is 4.93. The molecule has 1 heterocycles. The molecule has 2 nitrogen and oxygen atoms in total. The Kier molecular flexibility index (Phi) is 3.56. The Hall–Kier alpha value is -0.260. The quantitative estimate of drug-likeness (QED) is 0.740. The van der Waals surface area contributed by atoms with Crippen LogP contribution >= 0.6 is 39.3 Å². The van der Waals surface area contributed by atoms with Crippen molar-refractivity contribution in [1.82, 2.24) is 9.55 Å². The first-order valence-electron chi connectivity index (χ1n) is 6.04. The molecule has 0 amide bonds. The Morgan fingerprint density at radius 1 is 1.53 bits per heavy atom. The number of aromatic nitrogens is 2. The topological polar surface area (TPSA) is 17.8 Å². The van der Waals surface area contributed by atoms with Gasteiger partial charge in [-0.1, -0.05) is 0 Å². The monoisotopic (exact) mass is 362 g/mol. The average molecular weight is 364 g/mol. The molecular weight excluding hydrogens is 351 g/mol. The molecule has 3 rings (SSSR count). The first-order chi connectivity index (χ1) is 9.08. The first kappa shape index (κ1) is 13.7. The minimum absolute atomic E-state index is 0.288. The molecule has 0 unspecified atom stereocenters. The van der Waals surface area contributed by atoms with E-state index in [1.807, 2.05) is 11.8 Å². The summed E-state index contributed by atoms with van der Waals surface area (Å²) in [4.78, 5) is 4.44. The maximum Gasteiger partial charge on any atom is 0.139 e. The minimum Gasteiger partial charge on any atom is -0.326 e. The summed E-state index contributed by atoms with van der Waals surface area (Å²) in [7, 11) is 0. The van der Waals surface area contributed by atoms with Crippen molar-refractivity contribution in [2.45, 2.75) is 30.0 Å². The Bertz CT molecular complexity index is 639. The predicted molar refractivity (Wildman–Crippen MR) is 82.4 cm³/mol. The van der Waals surface area contributed by atoms with Gasteiger partial charge in [-0.15, -0.1) is 11.6 Å². The molecule has 1 aromatic heterocycles. The summed E-state index contributed by atoms with van der Waals surface area (Å²) in [5.41, 5.74) is 1.62. The van der Waals surface area contributed by atoms with Gasteiger partial charge in [0.15, 0.2) is 0 Å². The van der Waals surface area contributed by atoms with Crippen molar-refractivity contribution in [2.75, 3.05) is 6.26 Å². The highest BCUT2D eigenvalue weighted by Gasteiger charge is 2.42. The molecule has 0 radical (unpaired) electrons. The van der Waals surface area contributed by atoms with Crippen molar-refractivity contribution < 1.29 is 4.39 Å². The Balaban J connectivity index is 2.12. The van der Waals surface area contributed by atoms with Crippen LogP contribution in [0.4, 0.5) is 4.39 Å². The number of rotatable bonds is 4. The van der Waals surface area contributed by atoms with Crippen molar-refractivity contribution in [1.29, 1.82) is 0 Å². The van der Waals surface area contributed by atoms with Crippen LogP contribution < -0.4 is 0 Å². The van der Waals surface area contributed by atoms with E-state index in [4.69, 9.17) is 11.6 Å². The van der Waals surface area contributed by atoms with Crippen molar-refractivity contribution in [2.24, 2.45) is 0 Å². The zero-order chi connectivity index (χ0) is 13.6. The Labute approximate surface area is 128 Å². The lowest BCUT2D eigenvalue weighted by molar-refractivity contribution is 0.622. The van der Waals surface area contributed by atoms with Crippen LogP contribution in [-0.4, -0.2) is 20.6 Å². The highest BCUT2D eigenvalue weighted by Crippen LogP contribution is 2.49. The molecule has 0 spiro atoms. The third-order valence-corrected chi connectivity index (χ3v) is 5.93. The zero-order valence-corrected chi connectivity index (χ0v) is 13.6. The summed E-state index contributed by atoms with van der Waals surface area (Å²) in [5, 5.41) is 0. The number of thioether (sulfide) groups is 1. The van der Waals surface area contributed by atoms with E-state index >= 15 is 0 Å². The fourth-order valence-corrected chi connectivity index (χ4v) is 3.61. The first-order valence-corrected chi connectivity index (χ1v) is 8.59. The smallest absolute Gasteiger partial charge is 0.139 e. The van der Waals surface area contributed by atoms with E-state index in [0.29, 0.717) is 20.6 Å². The molecular formula is C13H13BrClFN2S. The van der Waals surface area contributed by atoms with E-state index in [2.05, 4.69) is 31.7 Å². The molecule has 0 atom stereocenters. The Morgan fingerprint density at radius 2 is 2.26 bits per heavy atom. The fourth-order valence-electron chi connectivity index (χ4n) is 2.30. The number of benzene rings is 1. The Morgan fingerprint density at radius 3 is 2.84 bits per heavy atom. The summed E-state index contributed by atoms with van der Waals surface area (Å²) in [6.07, 6.45) is 4.58. The van der Waals surface area contributed by atoms with Crippen LogP contribution in [0.15, 0.2) is 16.6 Å². The normalized spacial score (nSPS) is 17.1. The summed E-state index contributed by atoms with van der Waals surface area (Å²) in [6.45, 7) is 0.894. The van der Waals surface area contributed by atoms with Crippen LogP contribution in [0.5, 0.6) is 0 Å². The van der Waals surface area contributed by atoms with Crippen molar-refractivity contribution in [3.8, 4) is 0 Å². The lowest BCUT2D eigenvalue weighted by Crippen LogP contribution is -2.15. The summed E-state index contributed by atoms with van der Waals surface area (Å²) < 4.78 is 16.5. The average Bonchev–Trinajstić information content (AvgIpc) is 3.10. The van der Waals surface area contributed by atoms with Crippen molar-refractivity contribution >= 4 is 50.3 Å². The van der Waals surface area contributed by atoms with Gasteiger partial charge in [0.25, 0.3) is 0 Å². The van der Waals surface area contributed by atoms with E-state index in [-0.39, 0.29) is 5.82 Å². The number of imidazole rings is 1. The molecule has 1 aliphatic rings. The molecule has 1 aliphatic carbocycles. The van der Waals surface area contributed by atoms with Crippen LogP contribution in [0.2, 0.25) is 0 Å². The SMILES string of the molecule is CSC1(Cn2c(CCl)nc3cc(F)c(Br)cc32)CC1. The highest BCUT2D eigenvalue weighted by molar-refractivity contribution is 9.10. The van der Waals surface area contributed by atoms with Crippen LogP contribution in [0.1, 0.15) is 18.7 Å². The van der Waals surface area contributed by atoms with Crippen molar-refractivity contribution in [3.05, 3.63) is 28.2 Å². The minimum atomic E-state index is -0.288. The molecule has 0 saturated heterocycles. The third kappa shape index (κ3) is 2.41. The maximum atomic E-state index is 13.6. The number of fused-ring (bicyclic) bond motifs is 1. The summed E-state index contributed by atoms with van der Waals surface area (Å²) in [6, 6.07) is 3.26. The largest absolute Gasteiger partial charge is 0.326 e. The van der Waals surface area contributed by atoms with Gasteiger partial charge < -0.3 is 4.57 Å². The number of alkyl halides is 1. The molecule has 2 aromatic rings. The second-order valence-corrected chi connectivity index (χ2v) is 7.29. The van der Waals surface area contributed by atoms with E-state index in [1.165, 1.54) is 18.9 Å². The summed E-state index contributed by atoms with van der Waals surface area (Å²) >= 11 is 11.1. The number of halogens is 3. The van der Waals surface area contributed by atoms with Gasteiger partial charge in [-0.3, -0.25) is 0 Å². The molecule has 0 N–H and O–H groups in total. The molecule has 6 heteroatoms. The number of hydrogen-bond acceptors (Lipinski definition) is 2. The van der Waals surface area contributed by atoms with Crippen LogP contribution in [0.25, 0.3) is 11.0 Å². The van der Waals surface area contributed by atoms with Gasteiger partial charge in [-0.05, 0) is 41.1 Å². The van der Waals surface area contributed by atoms with Gasteiger partial charge >= 0.3 is 0 Å². The standard InChI is InChI=1S/C13H13BrClFN2S/c1-19-13(2-3-13)7-18-11-4-8(14)9(16)5-10(11)17-12(18)6-15/h4-5H,2-3,6-7H2,1H3. The lowest BCUT2D eigenvalue weighted by Gasteiger charge is -2.15. The van der Waals surface area contributed by atoms with E-state index < -0.39 is 0 Å². The number of nitrogens with zero attached hydrogens (tertiary/aromatic N) is 2. The summed E-state index contributed by atoms with van der Waals surface area (Å²) in [5.74, 6) is 0.872. The van der Waals surface area contributed by atoms with Crippen LogP contribution in [0.3, 0.4) is 0 Å². The molecule has 0 aliphatic heterocycles. The molecule has 1 fully saturated rings. The van der Waals surface area contributed by atoms with Crippen LogP contribution in [-0.2, 0) is 12.4 Å². The van der Waals surface area contributed by atoms with Gasteiger partial charge in [0.2, 0.25) is 0 Å². The van der Waals surface area contributed by atoms with E-state index in [1.54, 1.807) is 6.07 Å². The fraction of sp³-hybridized carbons (Fsp3) is 0.462. The van der Waals surface area contributed by atoms with Gasteiger partial charge in [-0.25, -0.2) is 9.37 Å². The zero-order valence-electron chi connectivity index (χ0n) is 10.4. The molecule has 19 heavy (non-hydrogen) atoms. The van der Waals surface area contributed by atoms with E-state index in [9.17, 15) is 4.39 Å². The maximum absolute atomic E-state index is 13.6. The van der Waals surface area contributed by atoms with Gasteiger partial charge in [-0.2, -0.15) is 11.8 Å². The van der Waals surface area contributed by atoms with E-state index in [0.717, 1.165) is 17.9 Å².